The SMILES string of the molecule is CCCCCCCCCC(=O)OCCCCCOC(=O)CC(O)C(=O)OCCCCCOC(=O)CCCCCCCCC. The van der Waals surface area contributed by atoms with E-state index in [-0.39, 0.29) is 25.2 Å². The van der Waals surface area contributed by atoms with E-state index >= 15 is 0 Å². The molecule has 0 spiro atoms. The van der Waals surface area contributed by atoms with Crippen LogP contribution in [0.1, 0.15) is 162 Å². The summed E-state index contributed by atoms with van der Waals surface area (Å²) in [6.07, 6.45) is 19.2. The second kappa shape index (κ2) is 31.3. The topological polar surface area (TPSA) is 125 Å². The third-order valence-corrected chi connectivity index (χ3v) is 7.21. The predicted molar refractivity (Wildman–Crippen MR) is 167 cm³/mol. The molecule has 0 fully saturated rings. The Kier molecular flexibility index (Phi) is 29.7. The summed E-state index contributed by atoms with van der Waals surface area (Å²) in [7, 11) is 0. The average molecular weight is 615 g/mol. The maximum absolute atomic E-state index is 11.9. The predicted octanol–water partition coefficient (Wildman–Crippen LogP) is 7.53. The zero-order valence-corrected chi connectivity index (χ0v) is 27.4. The Morgan fingerprint density at radius 3 is 1.19 bits per heavy atom. The maximum atomic E-state index is 11.9. The molecular weight excluding hydrogens is 552 g/mol. The molecule has 0 saturated carbocycles. The van der Waals surface area contributed by atoms with Crippen molar-refractivity contribution in [3.05, 3.63) is 0 Å². The lowest BCUT2D eigenvalue weighted by molar-refractivity contribution is -0.160. The van der Waals surface area contributed by atoms with Crippen molar-refractivity contribution in [2.75, 3.05) is 26.4 Å². The zero-order valence-electron chi connectivity index (χ0n) is 27.4. The molecule has 0 saturated heterocycles. The normalized spacial score (nSPS) is 11.6. The van der Waals surface area contributed by atoms with Crippen LogP contribution in [0.5, 0.6) is 0 Å². The highest BCUT2D eigenvalue weighted by Gasteiger charge is 2.21. The molecule has 43 heavy (non-hydrogen) atoms. The number of rotatable bonds is 31. The lowest BCUT2D eigenvalue weighted by Gasteiger charge is -2.11. The van der Waals surface area contributed by atoms with Gasteiger partial charge in [0.1, 0.15) is 0 Å². The van der Waals surface area contributed by atoms with Crippen LogP contribution in [0.15, 0.2) is 0 Å². The van der Waals surface area contributed by atoms with E-state index in [2.05, 4.69) is 13.8 Å². The minimum Gasteiger partial charge on any atom is -0.466 e. The molecule has 0 aliphatic rings. The van der Waals surface area contributed by atoms with Crippen molar-refractivity contribution in [1.29, 1.82) is 0 Å². The summed E-state index contributed by atoms with van der Waals surface area (Å²) in [4.78, 5) is 47.3. The standard InChI is InChI=1S/C34H62O9/c1-3-5-7-9-11-13-17-23-31(36)40-25-19-15-21-27-42-33(38)29-30(35)34(39)43-28-22-16-20-26-41-32(37)24-18-14-12-10-8-6-4-2/h30,35H,3-29H2,1-2H3. The second-order valence-electron chi connectivity index (χ2n) is 11.4. The first-order valence-electron chi connectivity index (χ1n) is 17.2. The van der Waals surface area contributed by atoms with Crippen molar-refractivity contribution in [3.63, 3.8) is 0 Å². The molecule has 0 amide bonds. The Hall–Kier alpha value is -2.16. The van der Waals surface area contributed by atoms with E-state index in [0.717, 1.165) is 32.1 Å². The van der Waals surface area contributed by atoms with Gasteiger partial charge in [-0.15, -0.1) is 0 Å². The van der Waals surface area contributed by atoms with Crippen LogP contribution in [0.25, 0.3) is 0 Å². The maximum Gasteiger partial charge on any atom is 0.335 e. The summed E-state index contributed by atoms with van der Waals surface area (Å²) in [6.45, 7) is 5.40. The van der Waals surface area contributed by atoms with E-state index in [1.165, 1.54) is 64.2 Å². The first kappa shape index (κ1) is 40.8. The molecule has 9 heteroatoms. The molecule has 0 aromatic heterocycles. The van der Waals surface area contributed by atoms with Crippen LogP contribution in [-0.4, -0.2) is 61.5 Å². The average Bonchev–Trinajstić information content (AvgIpc) is 2.99. The van der Waals surface area contributed by atoms with E-state index < -0.39 is 24.5 Å². The van der Waals surface area contributed by atoms with Crippen LogP contribution in [-0.2, 0) is 38.1 Å². The number of esters is 4. The van der Waals surface area contributed by atoms with E-state index in [9.17, 15) is 24.3 Å². The number of carbonyl (C=O) groups is 4. The minimum atomic E-state index is -1.56. The number of hydrogen-bond donors (Lipinski definition) is 1. The highest BCUT2D eigenvalue weighted by Crippen LogP contribution is 2.10. The van der Waals surface area contributed by atoms with Crippen LogP contribution in [0.2, 0.25) is 0 Å². The number of unbranched alkanes of at least 4 members (excludes halogenated alkanes) is 16. The van der Waals surface area contributed by atoms with Gasteiger partial charge >= 0.3 is 23.9 Å². The first-order valence-corrected chi connectivity index (χ1v) is 17.2. The van der Waals surface area contributed by atoms with Crippen molar-refractivity contribution >= 4 is 23.9 Å². The summed E-state index contributed by atoms with van der Waals surface area (Å²) in [5.41, 5.74) is 0. The molecule has 0 aliphatic heterocycles. The van der Waals surface area contributed by atoms with E-state index in [1.54, 1.807) is 0 Å². The van der Waals surface area contributed by atoms with Gasteiger partial charge in [-0.25, -0.2) is 4.79 Å². The summed E-state index contributed by atoms with van der Waals surface area (Å²) < 4.78 is 20.6. The van der Waals surface area contributed by atoms with Gasteiger partial charge in [-0.1, -0.05) is 90.9 Å². The number of hydrogen-bond acceptors (Lipinski definition) is 9. The highest BCUT2D eigenvalue weighted by atomic mass is 16.6. The van der Waals surface area contributed by atoms with Crippen molar-refractivity contribution in [2.24, 2.45) is 0 Å². The highest BCUT2D eigenvalue weighted by molar-refractivity contribution is 5.81. The van der Waals surface area contributed by atoms with Gasteiger partial charge in [0.05, 0.1) is 32.8 Å². The second-order valence-corrected chi connectivity index (χ2v) is 11.4. The Balaban J connectivity index is 3.57. The zero-order chi connectivity index (χ0) is 31.8. The van der Waals surface area contributed by atoms with Gasteiger partial charge < -0.3 is 24.1 Å². The van der Waals surface area contributed by atoms with Crippen LogP contribution in [0.4, 0.5) is 0 Å². The van der Waals surface area contributed by atoms with Crippen molar-refractivity contribution in [2.45, 2.75) is 168 Å². The fraction of sp³-hybridized carbons (Fsp3) is 0.882. The smallest absolute Gasteiger partial charge is 0.335 e. The third-order valence-electron chi connectivity index (χ3n) is 7.21. The van der Waals surface area contributed by atoms with Crippen LogP contribution >= 0.6 is 0 Å². The first-order chi connectivity index (χ1) is 20.9. The summed E-state index contributed by atoms with van der Waals surface area (Å²) >= 11 is 0. The molecule has 9 nitrogen and oxygen atoms in total. The Morgan fingerprint density at radius 1 is 0.442 bits per heavy atom. The quantitative estimate of drug-likeness (QED) is 0.0479. The Bertz CT molecular complexity index is 695. The molecular formula is C34H62O9. The Morgan fingerprint density at radius 2 is 0.767 bits per heavy atom. The number of carbonyl (C=O) groups excluding carboxylic acids is 4. The summed E-state index contributed by atoms with van der Waals surface area (Å²) in [6, 6.07) is 0. The summed E-state index contributed by atoms with van der Waals surface area (Å²) in [5, 5.41) is 9.90. The van der Waals surface area contributed by atoms with Crippen LogP contribution in [0, 0.1) is 0 Å². The molecule has 0 aliphatic carbocycles. The van der Waals surface area contributed by atoms with E-state index in [4.69, 9.17) is 18.9 Å². The van der Waals surface area contributed by atoms with Gasteiger partial charge in [0.2, 0.25) is 0 Å². The molecule has 252 valence electrons. The van der Waals surface area contributed by atoms with Crippen LogP contribution in [0.3, 0.4) is 0 Å². The van der Waals surface area contributed by atoms with E-state index in [1.807, 2.05) is 0 Å². The fourth-order valence-corrected chi connectivity index (χ4v) is 4.49. The third kappa shape index (κ3) is 29.7. The lowest BCUT2D eigenvalue weighted by Crippen LogP contribution is -2.27. The van der Waals surface area contributed by atoms with Gasteiger partial charge in [-0.2, -0.15) is 0 Å². The van der Waals surface area contributed by atoms with Gasteiger partial charge in [0.25, 0.3) is 0 Å². The summed E-state index contributed by atoms with van der Waals surface area (Å²) in [5.74, 6) is -1.83. The van der Waals surface area contributed by atoms with Crippen molar-refractivity contribution < 1.29 is 43.2 Å². The largest absolute Gasteiger partial charge is 0.466 e. The fourth-order valence-electron chi connectivity index (χ4n) is 4.49. The molecule has 0 heterocycles. The lowest BCUT2D eigenvalue weighted by atomic mass is 10.1. The van der Waals surface area contributed by atoms with Crippen LogP contribution < -0.4 is 0 Å². The Labute approximate surface area is 261 Å². The minimum absolute atomic E-state index is 0.126. The van der Waals surface area contributed by atoms with Crippen molar-refractivity contribution in [3.8, 4) is 0 Å². The molecule has 1 N–H and O–H groups in total. The molecule has 0 rings (SSSR count). The molecule has 0 bridgehead atoms. The molecule has 0 aromatic rings. The van der Waals surface area contributed by atoms with Gasteiger partial charge in [0.15, 0.2) is 6.10 Å². The van der Waals surface area contributed by atoms with Gasteiger partial charge in [0, 0.05) is 12.8 Å². The monoisotopic (exact) mass is 614 g/mol. The van der Waals surface area contributed by atoms with Crippen molar-refractivity contribution in [1.82, 2.24) is 0 Å². The molecule has 0 radical (unpaired) electrons. The number of aliphatic hydroxyl groups is 1. The molecule has 1 atom stereocenters. The van der Waals surface area contributed by atoms with E-state index in [0.29, 0.717) is 58.2 Å². The van der Waals surface area contributed by atoms with Gasteiger partial charge in [-0.3, -0.25) is 14.4 Å². The van der Waals surface area contributed by atoms with Gasteiger partial charge in [-0.05, 0) is 51.4 Å². The molecule has 1 unspecified atom stereocenters. The number of aliphatic hydroxyl groups excluding tert-OH is 1. The molecule has 0 aromatic carbocycles. The number of ether oxygens (including phenoxy) is 4.